The molecule has 0 saturated carbocycles. The maximum Gasteiger partial charge on any atom is 0.306 e. The predicted molar refractivity (Wildman–Crippen MR) is 307 cm³/mol. The van der Waals surface area contributed by atoms with E-state index in [0.29, 0.717) is 19.3 Å². The van der Waals surface area contributed by atoms with Crippen LogP contribution in [0.5, 0.6) is 0 Å². The second kappa shape index (κ2) is 59.9. The van der Waals surface area contributed by atoms with Gasteiger partial charge in [-0.2, -0.15) is 0 Å². The first-order valence-corrected chi connectivity index (χ1v) is 31.1. The van der Waals surface area contributed by atoms with Crippen LogP contribution in [0.15, 0.2) is 48.6 Å². The molecule has 0 aromatic rings. The summed E-state index contributed by atoms with van der Waals surface area (Å²) in [5.74, 6) is -0.861. The van der Waals surface area contributed by atoms with E-state index in [4.69, 9.17) is 14.2 Å². The van der Waals surface area contributed by atoms with Gasteiger partial charge in [-0.3, -0.25) is 14.4 Å². The Morgan fingerprint density at radius 3 is 0.803 bits per heavy atom. The van der Waals surface area contributed by atoms with Gasteiger partial charge in [0.2, 0.25) is 0 Å². The van der Waals surface area contributed by atoms with E-state index in [-0.39, 0.29) is 31.1 Å². The zero-order valence-corrected chi connectivity index (χ0v) is 47.5. The molecule has 414 valence electrons. The van der Waals surface area contributed by atoms with Gasteiger partial charge in [0.05, 0.1) is 0 Å². The van der Waals surface area contributed by atoms with Crippen molar-refractivity contribution >= 4 is 17.9 Å². The molecule has 0 bridgehead atoms. The Hall–Kier alpha value is -2.63. The summed E-state index contributed by atoms with van der Waals surface area (Å²) >= 11 is 0. The average Bonchev–Trinajstić information content (AvgIpc) is 3.37. The zero-order chi connectivity index (χ0) is 51.4. The average molecular weight is 996 g/mol. The number of rotatable bonds is 57. The van der Waals surface area contributed by atoms with E-state index in [1.165, 1.54) is 218 Å². The van der Waals surface area contributed by atoms with Crippen molar-refractivity contribution in [2.75, 3.05) is 13.2 Å². The first kappa shape index (κ1) is 68.4. The number of allylic oxidation sites excluding steroid dienone is 8. The second-order valence-electron chi connectivity index (χ2n) is 21.0. The maximum atomic E-state index is 12.9. The van der Waals surface area contributed by atoms with Crippen molar-refractivity contribution in [3.05, 3.63) is 48.6 Å². The molecule has 0 fully saturated rings. The number of carbonyl (C=O) groups excluding carboxylic acids is 3. The quantitative estimate of drug-likeness (QED) is 0.0261. The molecule has 1 atom stereocenters. The number of hydrogen-bond acceptors (Lipinski definition) is 6. The highest BCUT2D eigenvalue weighted by atomic mass is 16.6. The molecule has 0 aliphatic rings. The lowest BCUT2D eigenvalue weighted by molar-refractivity contribution is -0.167. The molecule has 0 rings (SSSR count). The molecule has 0 aromatic heterocycles. The Bertz CT molecular complexity index is 1230. The van der Waals surface area contributed by atoms with Crippen LogP contribution in [-0.4, -0.2) is 37.2 Å². The number of unbranched alkanes of at least 4 members (excludes halogenated alkanes) is 38. The van der Waals surface area contributed by atoms with Gasteiger partial charge in [-0.15, -0.1) is 0 Å². The second-order valence-corrected chi connectivity index (χ2v) is 21.0. The highest BCUT2D eigenvalue weighted by molar-refractivity contribution is 5.71. The zero-order valence-electron chi connectivity index (χ0n) is 47.5. The number of esters is 3. The molecular weight excluding hydrogens is 877 g/mol. The summed E-state index contributed by atoms with van der Waals surface area (Å²) in [6, 6.07) is 0. The molecule has 0 saturated heterocycles. The molecule has 0 unspecified atom stereocenters. The van der Waals surface area contributed by atoms with Crippen LogP contribution in [0.3, 0.4) is 0 Å². The van der Waals surface area contributed by atoms with Crippen LogP contribution in [0.4, 0.5) is 0 Å². The third-order valence-electron chi connectivity index (χ3n) is 13.8. The minimum Gasteiger partial charge on any atom is -0.462 e. The van der Waals surface area contributed by atoms with Crippen LogP contribution < -0.4 is 0 Å². The molecular formula is C65H118O6. The lowest BCUT2D eigenvalue weighted by Crippen LogP contribution is -2.30. The van der Waals surface area contributed by atoms with Gasteiger partial charge in [-0.05, 0) is 83.5 Å². The fourth-order valence-corrected chi connectivity index (χ4v) is 9.09. The predicted octanol–water partition coefficient (Wildman–Crippen LogP) is 21.0. The fourth-order valence-electron chi connectivity index (χ4n) is 9.09. The van der Waals surface area contributed by atoms with E-state index < -0.39 is 6.10 Å². The molecule has 6 heteroatoms. The Labute approximate surface area is 441 Å². The monoisotopic (exact) mass is 995 g/mol. The van der Waals surface area contributed by atoms with Crippen molar-refractivity contribution in [2.45, 2.75) is 335 Å². The molecule has 0 heterocycles. The van der Waals surface area contributed by atoms with Gasteiger partial charge in [-0.1, -0.05) is 275 Å². The third kappa shape index (κ3) is 58.1. The third-order valence-corrected chi connectivity index (χ3v) is 13.8. The molecule has 6 nitrogen and oxygen atoms in total. The summed E-state index contributed by atoms with van der Waals surface area (Å²) in [4.78, 5) is 38.3. The van der Waals surface area contributed by atoms with E-state index in [9.17, 15) is 14.4 Å². The molecule has 0 aliphatic carbocycles. The Morgan fingerprint density at radius 1 is 0.282 bits per heavy atom. The van der Waals surface area contributed by atoms with Crippen molar-refractivity contribution in [3.63, 3.8) is 0 Å². The highest BCUT2D eigenvalue weighted by Crippen LogP contribution is 2.17. The van der Waals surface area contributed by atoms with E-state index >= 15 is 0 Å². The molecule has 0 spiro atoms. The van der Waals surface area contributed by atoms with E-state index in [1.807, 2.05) is 0 Å². The van der Waals surface area contributed by atoms with Gasteiger partial charge in [0, 0.05) is 19.3 Å². The normalized spacial score (nSPS) is 12.3. The standard InChI is InChI=1S/C65H118O6/c1-4-7-10-13-16-19-22-25-28-30-32-34-37-40-43-46-49-52-55-58-64(67)70-61-62(60-69-63(66)57-54-51-48-45-42-39-36-27-24-21-18-15-12-9-6-3)71-65(68)59-56-53-50-47-44-41-38-35-33-31-29-26-23-20-17-14-11-8-5-2/h16-17,19-20,25-26,28-29,62H,4-15,18,21-24,27,30-61H2,1-3H3/b19-16+,20-17+,28-25+,29-26+/t62-/m1/s1. The number of carbonyl (C=O) groups is 3. The lowest BCUT2D eigenvalue weighted by atomic mass is 10.0. The van der Waals surface area contributed by atoms with Crippen LogP contribution >= 0.6 is 0 Å². The van der Waals surface area contributed by atoms with Gasteiger partial charge >= 0.3 is 17.9 Å². The van der Waals surface area contributed by atoms with Gasteiger partial charge in [0.25, 0.3) is 0 Å². The van der Waals surface area contributed by atoms with E-state index in [2.05, 4.69) is 69.4 Å². The van der Waals surface area contributed by atoms with Gasteiger partial charge in [0.1, 0.15) is 13.2 Å². The van der Waals surface area contributed by atoms with Gasteiger partial charge < -0.3 is 14.2 Å². The molecule has 0 amide bonds. The molecule has 0 aromatic carbocycles. The van der Waals surface area contributed by atoms with Crippen LogP contribution in [0.25, 0.3) is 0 Å². The topological polar surface area (TPSA) is 78.9 Å². The molecule has 0 radical (unpaired) electrons. The largest absolute Gasteiger partial charge is 0.462 e. The molecule has 0 aliphatic heterocycles. The Morgan fingerprint density at radius 2 is 0.507 bits per heavy atom. The van der Waals surface area contributed by atoms with Crippen LogP contribution in [0.2, 0.25) is 0 Å². The first-order chi connectivity index (χ1) is 35.0. The summed E-state index contributed by atoms with van der Waals surface area (Å²) in [7, 11) is 0. The SMILES string of the molecule is CCCCC/C=C/C/C=C/CCCCCCCCCCCC(=O)OC[C@@H](COC(=O)CCCCCCCCCCCCCCCCC)OC(=O)CCCCCCCCCCC/C=C/C/C=C/CCCCC. The first-order valence-electron chi connectivity index (χ1n) is 31.1. The van der Waals surface area contributed by atoms with E-state index in [0.717, 1.165) is 70.6 Å². The minimum absolute atomic E-state index is 0.0725. The number of ether oxygens (including phenoxy) is 3. The summed E-state index contributed by atoms with van der Waals surface area (Å²) in [6.07, 6.45) is 73.8. The Kier molecular flexibility index (Phi) is 57.7. The summed E-state index contributed by atoms with van der Waals surface area (Å²) < 4.78 is 16.9. The highest BCUT2D eigenvalue weighted by Gasteiger charge is 2.19. The molecule has 0 N–H and O–H groups in total. The van der Waals surface area contributed by atoms with Crippen molar-refractivity contribution in [2.24, 2.45) is 0 Å². The van der Waals surface area contributed by atoms with Gasteiger partial charge in [0.15, 0.2) is 6.10 Å². The van der Waals surface area contributed by atoms with E-state index in [1.54, 1.807) is 0 Å². The van der Waals surface area contributed by atoms with Crippen LogP contribution in [-0.2, 0) is 28.6 Å². The summed E-state index contributed by atoms with van der Waals surface area (Å²) in [5, 5.41) is 0. The van der Waals surface area contributed by atoms with Crippen molar-refractivity contribution in [1.82, 2.24) is 0 Å². The maximum absolute atomic E-state index is 12.9. The van der Waals surface area contributed by atoms with Crippen molar-refractivity contribution < 1.29 is 28.6 Å². The smallest absolute Gasteiger partial charge is 0.306 e. The lowest BCUT2D eigenvalue weighted by Gasteiger charge is -2.18. The number of hydrogen-bond donors (Lipinski definition) is 0. The summed E-state index contributed by atoms with van der Waals surface area (Å²) in [6.45, 7) is 6.63. The Balaban J connectivity index is 4.35. The summed E-state index contributed by atoms with van der Waals surface area (Å²) in [5.41, 5.74) is 0. The minimum atomic E-state index is -0.776. The van der Waals surface area contributed by atoms with Crippen LogP contribution in [0, 0.1) is 0 Å². The molecule has 71 heavy (non-hydrogen) atoms. The fraction of sp³-hybridized carbons (Fsp3) is 0.831. The van der Waals surface area contributed by atoms with Gasteiger partial charge in [-0.25, -0.2) is 0 Å². The van der Waals surface area contributed by atoms with Crippen LogP contribution in [0.1, 0.15) is 329 Å². The van der Waals surface area contributed by atoms with Crippen molar-refractivity contribution in [1.29, 1.82) is 0 Å². The van der Waals surface area contributed by atoms with Crippen molar-refractivity contribution in [3.8, 4) is 0 Å².